The number of unbranched alkanes of at least 4 members (excludes halogenated alkanes) is 1. The molecule has 566 valence electrons. The van der Waals surface area contributed by atoms with Crippen LogP contribution in [-0.2, 0) is 90.5 Å². The first-order chi connectivity index (χ1) is 46.9. The van der Waals surface area contributed by atoms with Crippen molar-refractivity contribution in [3.63, 3.8) is 0 Å². The molecule has 0 aromatic carbocycles. The molecular weight excluding hydrogens is 1390 g/mol. The van der Waals surface area contributed by atoms with Crippen molar-refractivity contribution in [1.29, 1.82) is 0 Å². The number of amides is 1. The first-order valence-electron chi connectivity index (χ1n) is 34.3. The van der Waals surface area contributed by atoms with Crippen molar-refractivity contribution < 1.29 is 101 Å². The van der Waals surface area contributed by atoms with E-state index >= 15 is 14.4 Å². The number of rotatable bonds is 52. The lowest BCUT2D eigenvalue weighted by molar-refractivity contribution is -0.288. The van der Waals surface area contributed by atoms with Gasteiger partial charge in [-0.25, -0.2) is 11.6 Å². The molecule has 9 unspecified atom stereocenters. The number of ether oxygens (including phenoxy) is 10. The number of carboxylic acid groups (broad SMARTS) is 1. The van der Waals surface area contributed by atoms with Crippen LogP contribution in [0.5, 0.6) is 0 Å². The average molecular weight is 1500 g/mol. The molecule has 0 saturated carbocycles. The largest absolute Gasteiger partial charge is 0.480 e. The van der Waals surface area contributed by atoms with Crippen molar-refractivity contribution in [3.05, 3.63) is 35.8 Å². The Hall–Kier alpha value is -4.45. The van der Waals surface area contributed by atoms with Gasteiger partial charge in [0, 0.05) is 74.2 Å². The summed E-state index contributed by atoms with van der Waals surface area (Å²) in [5.41, 5.74) is -6.34. The minimum absolute atomic E-state index is 0.00644. The Morgan fingerprint density at radius 1 is 0.770 bits per heavy atom. The van der Waals surface area contributed by atoms with Crippen molar-refractivity contribution in [2.24, 2.45) is 22.2 Å². The highest BCUT2D eigenvalue weighted by atomic mass is 33.1. The molecule has 0 bridgehead atoms. The van der Waals surface area contributed by atoms with Crippen LogP contribution in [0.15, 0.2) is 29.4 Å². The maximum absolute atomic E-state index is 15.4. The number of aliphatic hydroxyl groups is 1. The van der Waals surface area contributed by atoms with Gasteiger partial charge in [0.15, 0.2) is 12.4 Å². The number of thioether (sulfide) groups is 2. The minimum Gasteiger partial charge on any atom is -0.480 e. The van der Waals surface area contributed by atoms with Crippen LogP contribution in [0.3, 0.4) is 0 Å². The van der Waals surface area contributed by atoms with E-state index in [1.807, 2.05) is 51.9 Å². The normalized spacial score (nSPS) is 20.9. The Morgan fingerprint density at radius 2 is 1.37 bits per heavy atom. The van der Waals surface area contributed by atoms with Crippen LogP contribution in [0.2, 0.25) is 23.3 Å². The van der Waals surface area contributed by atoms with Gasteiger partial charge in [0.2, 0.25) is 11.4 Å². The lowest BCUT2D eigenvalue weighted by atomic mass is 9.39. The van der Waals surface area contributed by atoms with Crippen LogP contribution < -0.4 is 5.32 Å². The summed E-state index contributed by atoms with van der Waals surface area (Å²) in [6, 6.07) is 5.47. The van der Waals surface area contributed by atoms with Crippen LogP contribution in [0.1, 0.15) is 155 Å². The number of aliphatic carboxylic acids is 1. The molecule has 1 aliphatic rings. The SMILES string of the molecule is [C-]#[N+]C(C)(CCOC=O)CC(C)(BCC(C)(CC(C)(BCC(C)(CC(C)(CC(CCC)(SC(S)SCC)C(=O)O)C(=O)OCCCC)C(=O)OCCN(C)C)C(=O)OCCSSc1ccccn1)C(=O)NCC(C)O)C(=O)OCCOCCO[C@@H]1O[C@H](C)[C@H](C)[C@H](OC(C)=O)[C@H]1OC(C)=O. The zero-order valence-electron chi connectivity index (χ0n) is 61.7. The highest BCUT2D eigenvalue weighted by molar-refractivity contribution is 8.76. The number of hydrogen-bond donors (Lipinski definition) is 4. The summed E-state index contributed by atoms with van der Waals surface area (Å²) in [6.45, 7) is 30.8. The van der Waals surface area contributed by atoms with Crippen LogP contribution in [0.25, 0.3) is 4.85 Å². The minimum atomic E-state index is -1.70. The molecule has 2 rings (SSSR count). The number of esters is 6. The maximum atomic E-state index is 15.4. The summed E-state index contributed by atoms with van der Waals surface area (Å²) < 4.78 is 56.0. The summed E-state index contributed by atoms with van der Waals surface area (Å²) in [5.74, 6) is -5.37. The molecule has 0 aliphatic carbocycles. The molecule has 0 radical (unpaired) electrons. The van der Waals surface area contributed by atoms with Crippen molar-refractivity contribution in [1.82, 2.24) is 15.2 Å². The summed E-state index contributed by atoms with van der Waals surface area (Å²) in [4.78, 5) is 135. The fourth-order valence-corrected chi connectivity index (χ4v) is 17.7. The third kappa shape index (κ3) is 31.1. The zero-order valence-corrected chi connectivity index (χ0v) is 65.8. The van der Waals surface area contributed by atoms with Gasteiger partial charge in [0.25, 0.3) is 6.47 Å². The molecule has 100 heavy (non-hydrogen) atoms. The van der Waals surface area contributed by atoms with Crippen molar-refractivity contribution in [2.75, 3.05) is 91.5 Å². The number of pyridine rings is 1. The Morgan fingerprint density at radius 3 is 1.94 bits per heavy atom. The Balaban J connectivity index is 2.87. The van der Waals surface area contributed by atoms with Gasteiger partial charge in [0.05, 0.1) is 66.4 Å². The number of aliphatic hydroxyl groups excluding tert-OH is 1. The number of nitrogens with zero attached hydrogens (tertiary/aromatic N) is 3. The summed E-state index contributed by atoms with van der Waals surface area (Å²) in [6.07, 6.45) is -2.51. The molecule has 1 saturated heterocycles. The molecule has 25 nitrogen and oxygen atoms in total. The lowest BCUT2D eigenvalue weighted by Crippen LogP contribution is -2.56. The quantitative estimate of drug-likeness (QED) is 0.00543. The molecule has 3 N–H and O–H groups in total. The molecule has 1 aromatic heterocycles. The fraction of sp³-hybridized carbons (Fsp3) is 0.779. The van der Waals surface area contributed by atoms with E-state index in [2.05, 4.69) is 15.1 Å². The van der Waals surface area contributed by atoms with E-state index in [0.29, 0.717) is 37.3 Å². The van der Waals surface area contributed by atoms with E-state index in [0.717, 1.165) is 16.8 Å². The number of hydrogen-bond acceptors (Lipinski definition) is 27. The average Bonchev–Trinajstić information content (AvgIpc) is 0.774. The monoisotopic (exact) mass is 1500 g/mol. The second kappa shape index (κ2) is 45.0. The van der Waals surface area contributed by atoms with E-state index < -0.39 is 119 Å². The van der Waals surface area contributed by atoms with Gasteiger partial charge in [-0.05, 0) is 103 Å². The van der Waals surface area contributed by atoms with Crippen LogP contribution >= 0.6 is 57.7 Å². The molecule has 1 aromatic rings. The molecule has 0 spiro atoms. The third-order valence-corrected chi connectivity index (χ3v) is 23.3. The number of aromatic nitrogens is 1. The van der Waals surface area contributed by atoms with Gasteiger partial charge in [-0.1, -0.05) is 90.8 Å². The second-order valence-electron chi connectivity index (χ2n) is 27.8. The first-order valence-corrected chi connectivity index (χ1v) is 39.0. The Bertz CT molecular complexity index is 2790. The Labute approximate surface area is 616 Å². The number of carbonyl (C=O) groups is 9. The van der Waals surface area contributed by atoms with E-state index in [1.54, 1.807) is 67.7 Å². The maximum Gasteiger partial charge on any atom is 0.319 e. The van der Waals surface area contributed by atoms with E-state index in [1.165, 1.54) is 54.1 Å². The van der Waals surface area contributed by atoms with Gasteiger partial charge in [0.1, 0.15) is 50.3 Å². The molecule has 32 heteroatoms. The van der Waals surface area contributed by atoms with Crippen LogP contribution in [0, 0.1) is 28.7 Å². The zero-order chi connectivity index (χ0) is 75.5. The number of nitrogens with one attached hydrogen (secondary N) is 1. The predicted octanol–water partition coefficient (Wildman–Crippen LogP) is 9.34. The van der Waals surface area contributed by atoms with Gasteiger partial charge < -0.3 is 72.6 Å². The number of likely N-dealkylation sites (N-methyl/N-ethyl adjacent to an activating group) is 1. The molecule has 2 heterocycles. The molecular formula is C68H112B2N4O21S5. The van der Waals surface area contributed by atoms with E-state index in [9.17, 15) is 39.0 Å². The highest BCUT2D eigenvalue weighted by Gasteiger charge is 2.56. The lowest BCUT2D eigenvalue weighted by Gasteiger charge is -2.43. The smallest absolute Gasteiger partial charge is 0.319 e. The predicted molar refractivity (Wildman–Crippen MR) is 395 cm³/mol. The number of carbonyl (C=O) groups excluding carboxylic acids is 8. The molecule has 1 fully saturated rings. The van der Waals surface area contributed by atoms with Crippen molar-refractivity contribution in [2.45, 2.75) is 228 Å². The number of carboxylic acids is 1. The first kappa shape index (κ1) is 91.6. The van der Waals surface area contributed by atoms with Crippen molar-refractivity contribution in [3.8, 4) is 0 Å². The molecule has 1 aliphatic heterocycles. The highest BCUT2D eigenvalue weighted by Crippen LogP contribution is 2.54. The van der Waals surface area contributed by atoms with Gasteiger partial charge in [-0.3, -0.25) is 43.2 Å². The standard InChI is InChI=1S/C68H112B2N4O21S5/c1-18-21-29-89-57(82)62(9,41-68(25-19-2,56(80)81)99-61(96)97-20-3)39-64(11,58(83)90-31-28-74(16)17)44-70-66(13,59(84)92-36-37-98-100-51-24-22-23-27-72-51)40-63(10,55(79)73-38-46(4)76)43-69-67(14,42-65(12,71-15)26-30-87-45-75)60(85)91-35-33-86-32-34-88-54-53(95-50(8)78)52(94-49(7)77)47(5)48(6)93-54/h22-24,27,45-48,52-54,61,69-70,76,96H,18-21,25-26,28-44H2,1-14,16-17H3,(H,73,79)(H,80,81)/t46?,47-,48+,52-,53+,54+,61?,62?,63?,64?,65?,66?,67?,68?/m0/s1. The topological polar surface area (TPSA) is 319 Å². The summed E-state index contributed by atoms with van der Waals surface area (Å²) >= 11 is 7.35. The fourth-order valence-electron chi connectivity index (χ4n) is 12.2. The third-order valence-electron chi connectivity index (χ3n) is 17.8. The van der Waals surface area contributed by atoms with Crippen molar-refractivity contribution >= 4 is 126 Å². The van der Waals surface area contributed by atoms with Crippen LogP contribution in [-0.4, -0.2) is 225 Å². The van der Waals surface area contributed by atoms with Gasteiger partial charge in [-0.2, -0.15) is 12.6 Å². The van der Waals surface area contributed by atoms with Gasteiger partial charge in [-0.15, -0.1) is 23.5 Å². The van der Waals surface area contributed by atoms with E-state index in [4.69, 9.17) is 66.6 Å². The van der Waals surface area contributed by atoms with Gasteiger partial charge >= 0.3 is 41.8 Å². The summed E-state index contributed by atoms with van der Waals surface area (Å²) in [7, 11) is 6.04. The van der Waals surface area contributed by atoms with E-state index in [-0.39, 0.29) is 138 Å². The van der Waals surface area contributed by atoms with Crippen LogP contribution in [0.4, 0.5) is 0 Å². The second-order valence-corrected chi connectivity index (χ2v) is 34.6. The molecule has 14 atom stereocenters. The number of thiol groups is 1. The Kier molecular flexibility index (Phi) is 41.3. The molecule has 1 amide bonds. The summed E-state index contributed by atoms with van der Waals surface area (Å²) in [5, 5.41) is 22.1.